The Hall–Kier alpha value is -3.82. The molecule has 0 bridgehead atoms. The number of amides is 2. The van der Waals surface area contributed by atoms with E-state index in [1.807, 2.05) is 66.0 Å². The number of thiazole rings is 1. The highest BCUT2D eigenvalue weighted by molar-refractivity contribution is 8.00. The number of halogens is 2. The first-order chi connectivity index (χ1) is 19.9. The second-order valence-electron chi connectivity index (χ2n) is 8.77. The van der Waals surface area contributed by atoms with Crippen molar-refractivity contribution in [3.05, 3.63) is 124 Å². The number of thioether (sulfide) groups is 1. The number of methoxy groups -OCH3 is 1. The molecule has 0 saturated carbocycles. The average Bonchev–Trinajstić information content (AvgIpc) is 3.47. The lowest BCUT2D eigenvalue weighted by molar-refractivity contribution is -0.115. The minimum absolute atomic E-state index is 0.201. The van der Waals surface area contributed by atoms with Gasteiger partial charge < -0.3 is 15.4 Å². The molecule has 2 N–H and O–H groups in total. The predicted octanol–water partition coefficient (Wildman–Crippen LogP) is 8.85. The monoisotopic (exact) mass is 619 g/mol. The molecule has 1 atom stereocenters. The van der Waals surface area contributed by atoms with E-state index in [-0.39, 0.29) is 11.8 Å². The minimum Gasteiger partial charge on any atom is -0.497 e. The van der Waals surface area contributed by atoms with Crippen LogP contribution in [0.5, 0.6) is 5.75 Å². The summed E-state index contributed by atoms with van der Waals surface area (Å²) in [7, 11) is 1.58. The molecule has 2 amide bonds. The van der Waals surface area contributed by atoms with Crippen LogP contribution in [0, 0.1) is 0 Å². The molecule has 0 aliphatic rings. The number of hydrogen-bond donors (Lipinski definition) is 2. The lowest BCUT2D eigenvalue weighted by atomic mass is 10.1. The fourth-order valence-corrected chi connectivity index (χ4v) is 5.93. The van der Waals surface area contributed by atoms with Crippen molar-refractivity contribution in [3.8, 4) is 17.0 Å². The van der Waals surface area contributed by atoms with Crippen molar-refractivity contribution in [1.29, 1.82) is 0 Å². The molecule has 0 saturated heterocycles. The van der Waals surface area contributed by atoms with Gasteiger partial charge in [0, 0.05) is 27.1 Å². The van der Waals surface area contributed by atoms with Gasteiger partial charge in [-0.1, -0.05) is 59.6 Å². The van der Waals surface area contributed by atoms with E-state index in [0.29, 0.717) is 37.9 Å². The molecular formula is C31H23Cl2N3O3S2. The molecule has 6 nitrogen and oxygen atoms in total. The van der Waals surface area contributed by atoms with Crippen molar-refractivity contribution in [2.45, 2.75) is 10.1 Å². The molecule has 1 heterocycles. The van der Waals surface area contributed by atoms with Crippen molar-refractivity contribution in [3.63, 3.8) is 0 Å². The fraction of sp³-hybridized carbons (Fsp3) is 0.0645. The molecule has 206 valence electrons. The molecule has 1 aromatic heterocycles. The molecule has 1 unspecified atom stereocenters. The normalized spacial score (nSPS) is 11.5. The van der Waals surface area contributed by atoms with Gasteiger partial charge >= 0.3 is 0 Å². The smallest absolute Gasteiger partial charge is 0.255 e. The Bertz CT molecular complexity index is 1660. The van der Waals surface area contributed by atoms with E-state index in [1.54, 1.807) is 43.5 Å². The van der Waals surface area contributed by atoms with Crippen LogP contribution in [0.3, 0.4) is 0 Å². The molecule has 41 heavy (non-hydrogen) atoms. The van der Waals surface area contributed by atoms with Crippen molar-refractivity contribution < 1.29 is 14.3 Å². The number of carbonyl (C=O) groups is 2. The topological polar surface area (TPSA) is 80.3 Å². The van der Waals surface area contributed by atoms with Gasteiger partial charge in [0.05, 0.1) is 22.8 Å². The Kier molecular flexibility index (Phi) is 9.26. The zero-order valence-electron chi connectivity index (χ0n) is 21.6. The average molecular weight is 621 g/mol. The molecule has 5 rings (SSSR count). The fourth-order valence-electron chi connectivity index (χ4n) is 3.89. The van der Waals surface area contributed by atoms with Crippen molar-refractivity contribution in [2.24, 2.45) is 0 Å². The molecule has 0 radical (unpaired) electrons. The van der Waals surface area contributed by atoms with E-state index in [2.05, 4.69) is 15.6 Å². The Morgan fingerprint density at radius 3 is 2.29 bits per heavy atom. The molecular weight excluding hydrogens is 597 g/mol. The van der Waals surface area contributed by atoms with Gasteiger partial charge in [-0.15, -0.1) is 23.1 Å². The Morgan fingerprint density at radius 2 is 1.61 bits per heavy atom. The number of benzene rings is 4. The maximum Gasteiger partial charge on any atom is 0.255 e. The highest BCUT2D eigenvalue weighted by Gasteiger charge is 2.23. The number of anilines is 2. The van der Waals surface area contributed by atoms with Crippen molar-refractivity contribution in [2.75, 3.05) is 17.7 Å². The summed E-state index contributed by atoms with van der Waals surface area (Å²) >= 11 is 14.9. The van der Waals surface area contributed by atoms with Crippen LogP contribution in [0.1, 0.15) is 21.2 Å². The summed E-state index contributed by atoms with van der Waals surface area (Å²) in [5.41, 5.74) is 3.53. The van der Waals surface area contributed by atoms with Crippen LogP contribution >= 0.6 is 46.3 Å². The van der Waals surface area contributed by atoms with E-state index in [9.17, 15) is 9.59 Å². The van der Waals surface area contributed by atoms with E-state index in [1.165, 1.54) is 23.1 Å². The Morgan fingerprint density at radius 1 is 0.878 bits per heavy atom. The third-order valence-corrected chi connectivity index (χ3v) is 8.77. The van der Waals surface area contributed by atoms with E-state index < -0.39 is 5.25 Å². The lowest BCUT2D eigenvalue weighted by Gasteiger charge is -2.16. The number of carbonyl (C=O) groups excluding carboxylic acids is 2. The van der Waals surface area contributed by atoms with Gasteiger partial charge in [0.15, 0.2) is 5.13 Å². The van der Waals surface area contributed by atoms with Crippen molar-refractivity contribution >= 4 is 68.9 Å². The number of ether oxygens (including phenoxy) is 1. The number of nitrogens with one attached hydrogen (secondary N) is 2. The van der Waals surface area contributed by atoms with Crippen LogP contribution < -0.4 is 15.4 Å². The molecule has 0 aliphatic heterocycles. The Balaban J connectivity index is 1.28. The first-order valence-corrected chi connectivity index (χ1v) is 14.9. The maximum atomic E-state index is 13.5. The van der Waals surface area contributed by atoms with Gasteiger partial charge in [0.2, 0.25) is 5.91 Å². The first-order valence-electron chi connectivity index (χ1n) is 12.4. The van der Waals surface area contributed by atoms with Crippen LogP contribution in [0.25, 0.3) is 11.3 Å². The van der Waals surface area contributed by atoms with E-state index >= 15 is 0 Å². The number of aromatic nitrogens is 1. The molecule has 0 fully saturated rings. The van der Waals surface area contributed by atoms with Crippen LogP contribution in [0.2, 0.25) is 10.0 Å². The van der Waals surface area contributed by atoms with Crippen molar-refractivity contribution in [1.82, 2.24) is 4.98 Å². The third kappa shape index (κ3) is 7.28. The summed E-state index contributed by atoms with van der Waals surface area (Å²) in [6, 6.07) is 29.1. The summed E-state index contributed by atoms with van der Waals surface area (Å²) < 4.78 is 5.15. The largest absolute Gasteiger partial charge is 0.497 e. The quantitative estimate of drug-likeness (QED) is 0.161. The van der Waals surface area contributed by atoms with Gasteiger partial charge in [-0.25, -0.2) is 4.98 Å². The minimum atomic E-state index is -0.534. The molecule has 5 aromatic rings. The number of rotatable bonds is 9. The Labute approximate surface area is 255 Å². The molecule has 0 spiro atoms. The lowest BCUT2D eigenvalue weighted by Crippen LogP contribution is -2.19. The molecule has 4 aromatic carbocycles. The second kappa shape index (κ2) is 13.2. The van der Waals surface area contributed by atoms with Crippen LogP contribution in [-0.4, -0.2) is 23.9 Å². The summed E-state index contributed by atoms with van der Waals surface area (Å²) in [5, 5.41) is 8.57. The maximum absolute atomic E-state index is 13.5. The van der Waals surface area contributed by atoms with Crippen LogP contribution in [-0.2, 0) is 4.79 Å². The summed E-state index contributed by atoms with van der Waals surface area (Å²) in [6.07, 6.45) is 0. The van der Waals surface area contributed by atoms with E-state index in [0.717, 1.165) is 16.0 Å². The second-order valence-corrected chi connectivity index (χ2v) is 11.6. The van der Waals surface area contributed by atoms with Gasteiger partial charge in [-0.3, -0.25) is 9.59 Å². The van der Waals surface area contributed by atoms with Gasteiger partial charge in [-0.05, 0) is 66.2 Å². The standard InChI is InChI=1S/C31H23Cl2N3O3S2/c1-39-23-12-7-20(8-13-23)29(37)34-22-10-14-24(15-11-22)41-28(19-5-3-2-4-6-19)30(38)36-31-35-27(18-40-31)21-9-16-25(32)26(33)17-21/h2-18,28H,1H3,(H,34,37)(H,35,36,38). The SMILES string of the molecule is COc1ccc(C(=O)Nc2ccc(SC(C(=O)Nc3nc(-c4ccc(Cl)c(Cl)c4)cs3)c3ccccc3)cc2)cc1. The van der Waals surface area contributed by atoms with E-state index in [4.69, 9.17) is 27.9 Å². The zero-order valence-corrected chi connectivity index (χ0v) is 24.8. The highest BCUT2D eigenvalue weighted by Crippen LogP contribution is 2.37. The van der Waals surface area contributed by atoms with Gasteiger partial charge in [-0.2, -0.15) is 0 Å². The predicted molar refractivity (Wildman–Crippen MR) is 169 cm³/mol. The molecule has 10 heteroatoms. The van der Waals surface area contributed by atoms with Crippen LogP contribution in [0.15, 0.2) is 107 Å². The molecule has 0 aliphatic carbocycles. The zero-order chi connectivity index (χ0) is 28.8. The number of nitrogens with zero attached hydrogens (tertiary/aromatic N) is 1. The highest BCUT2D eigenvalue weighted by atomic mass is 35.5. The van der Waals surface area contributed by atoms with Gasteiger partial charge in [0.1, 0.15) is 11.0 Å². The number of hydrogen-bond acceptors (Lipinski definition) is 6. The van der Waals surface area contributed by atoms with Crippen LogP contribution in [0.4, 0.5) is 10.8 Å². The third-order valence-electron chi connectivity index (χ3n) is 6.01. The first kappa shape index (κ1) is 28.7. The summed E-state index contributed by atoms with van der Waals surface area (Å²) in [5.74, 6) is 0.258. The summed E-state index contributed by atoms with van der Waals surface area (Å²) in [4.78, 5) is 31.6. The van der Waals surface area contributed by atoms with Gasteiger partial charge in [0.25, 0.3) is 5.91 Å². The summed E-state index contributed by atoms with van der Waals surface area (Å²) in [6.45, 7) is 0.